The number of ketones is 1. The molecule has 0 radical (unpaired) electrons. The molecule has 0 aromatic heterocycles. The molecule has 3 nitrogen and oxygen atoms in total. The Bertz CT molecular complexity index is 776. The monoisotopic (exact) mass is 376 g/mol. The van der Waals surface area contributed by atoms with Crippen LogP contribution in [0.1, 0.15) is 64.8 Å². The van der Waals surface area contributed by atoms with Crippen LogP contribution in [0.4, 0.5) is 0 Å². The van der Waals surface area contributed by atoms with E-state index in [0.717, 1.165) is 0 Å². The van der Waals surface area contributed by atoms with E-state index in [4.69, 9.17) is 0 Å². The third kappa shape index (κ3) is 3.31. The van der Waals surface area contributed by atoms with E-state index >= 15 is 0 Å². The molecule has 2 unspecified atom stereocenters. The predicted molar refractivity (Wildman–Crippen MR) is 114 cm³/mol. The van der Waals surface area contributed by atoms with Gasteiger partial charge in [-0.25, -0.2) is 0 Å². The molecule has 148 valence electrons. The summed E-state index contributed by atoms with van der Waals surface area (Å²) in [5.41, 5.74) is 2.42. The molecule has 2 aromatic carbocycles. The van der Waals surface area contributed by atoms with Crippen LogP contribution in [0.25, 0.3) is 0 Å². The van der Waals surface area contributed by atoms with E-state index in [1.54, 1.807) is 0 Å². The molecule has 0 N–H and O–H groups in total. The predicted octanol–water partition coefficient (Wildman–Crippen LogP) is 5.00. The van der Waals surface area contributed by atoms with Gasteiger partial charge in [-0.3, -0.25) is 14.6 Å². The van der Waals surface area contributed by atoms with Crippen molar-refractivity contribution in [2.75, 3.05) is 0 Å². The zero-order chi connectivity index (χ0) is 20.3. The SMILES string of the molecule is CC(C)(C)N1[C@H](c2ccccc2)[C@@H]1C(=O)[C@@H]1[C@H](c2ccccc2)N1C(C)(C)C. The minimum Gasteiger partial charge on any atom is -0.296 e. The van der Waals surface area contributed by atoms with Crippen molar-refractivity contribution >= 4 is 5.78 Å². The number of hydrogen-bond donors (Lipinski definition) is 0. The topological polar surface area (TPSA) is 23.1 Å². The van der Waals surface area contributed by atoms with E-state index in [1.165, 1.54) is 11.1 Å². The van der Waals surface area contributed by atoms with Gasteiger partial charge in [0.2, 0.25) is 0 Å². The van der Waals surface area contributed by atoms with E-state index in [1.807, 2.05) is 12.1 Å². The largest absolute Gasteiger partial charge is 0.296 e. The van der Waals surface area contributed by atoms with E-state index in [-0.39, 0.29) is 35.2 Å². The minimum atomic E-state index is -0.0372. The van der Waals surface area contributed by atoms with Crippen LogP contribution in [0.2, 0.25) is 0 Å². The van der Waals surface area contributed by atoms with Crippen LogP contribution in [0, 0.1) is 0 Å². The second kappa shape index (κ2) is 6.53. The lowest BCUT2D eigenvalue weighted by Crippen LogP contribution is -2.34. The molecule has 0 amide bonds. The molecule has 0 saturated carbocycles. The molecule has 4 rings (SSSR count). The molecule has 0 aliphatic carbocycles. The first-order valence-corrected chi connectivity index (χ1v) is 10.3. The molecule has 2 aliphatic heterocycles. The fraction of sp³-hybridized carbons (Fsp3) is 0.480. The molecule has 28 heavy (non-hydrogen) atoms. The van der Waals surface area contributed by atoms with Gasteiger partial charge < -0.3 is 0 Å². The standard InChI is InChI=1S/C25H32N2O/c1-24(2,3)26-19(17-13-9-7-10-14-17)21(26)23(28)22-20(27(22)25(4,5)6)18-15-11-8-12-16-18/h7-16,19-22H,1-6H3/t19-,20+,21-,22+,26?,27?. The average Bonchev–Trinajstić information content (AvgIpc) is 3.52. The molecule has 0 bridgehead atoms. The Labute approximate surface area is 169 Å². The second-order valence-electron chi connectivity index (χ2n) is 10.2. The maximum absolute atomic E-state index is 13.8. The van der Waals surface area contributed by atoms with Gasteiger partial charge in [0.15, 0.2) is 5.78 Å². The summed E-state index contributed by atoms with van der Waals surface area (Å²) in [6, 6.07) is 21.3. The van der Waals surface area contributed by atoms with Crippen molar-refractivity contribution in [1.29, 1.82) is 0 Å². The van der Waals surface area contributed by atoms with Gasteiger partial charge in [-0.05, 0) is 52.7 Å². The lowest BCUT2D eigenvalue weighted by molar-refractivity contribution is -0.120. The fourth-order valence-electron chi connectivity index (χ4n) is 4.88. The van der Waals surface area contributed by atoms with Gasteiger partial charge >= 0.3 is 0 Å². The molecule has 2 aliphatic rings. The van der Waals surface area contributed by atoms with Crippen LogP contribution < -0.4 is 0 Å². The highest BCUT2D eigenvalue weighted by Gasteiger charge is 2.66. The van der Waals surface area contributed by atoms with E-state index in [9.17, 15) is 4.79 Å². The molecule has 2 aromatic rings. The van der Waals surface area contributed by atoms with Crippen molar-refractivity contribution in [3.8, 4) is 0 Å². The summed E-state index contributed by atoms with van der Waals surface area (Å²) >= 11 is 0. The van der Waals surface area contributed by atoms with Crippen molar-refractivity contribution < 1.29 is 4.79 Å². The number of rotatable bonds is 4. The summed E-state index contributed by atoms with van der Waals surface area (Å²) < 4.78 is 0. The van der Waals surface area contributed by atoms with Gasteiger partial charge in [-0.15, -0.1) is 0 Å². The Morgan fingerprint density at radius 3 is 1.25 bits per heavy atom. The Hall–Kier alpha value is -1.97. The van der Waals surface area contributed by atoms with Gasteiger partial charge in [0.1, 0.15) is 0 Å². The summed E-state index contributed by atoms with van der Waals surface area (Å²) in [4.78, 5) is 18.5. The normalized spacial score (nSPS) is 32.1. The van der Waals surface area contributed by atoms with Crippen molar-refractivity contribution in [3.63, 3.8) is 0 Å². The number of Topliss-reactive ketones (excluding diaryl/α,β-unsaturated/α-hetero) is 1. The lowest BCUT2D eigenvalue weighted by atomic mass is 10.0. The summed E-state index contributed by atoms with van der Waals surface area (Å²) in [7, 11) is 0. The first-order valence-electron chi connectivity index (χ1n) is 10.3. The summed E-state index contributed by atoms with van der Waals surface area (Å²) in [6.07, 6.45) is 0. The smallest absolute Gasteiger partial charge is 0.170 e. The number of carbonyl (C=O) groups excluding carboxylic acids is 1. The molecule has 2 saturated heterocycles. The van der Waals surface area contributed by atoms with E-state index < -0.39 is 0 Å². The Morgan fingerprint density at radius 2 is 0.964 bits per heavy atom. The molecule has 0 spiro atoms. The maximum atomic E-state index is 13.8. The molecule has 2 heterocycles. The van der Waals surface area contributed by atoms with E-state index in [2.05, 4.69) is 99.9 Å². The molecular formula is C25H32N2O. The average molecular weight is 377 g/mol. The van der Waals surface area contributed by atoms with Gasteiger partial charge in [-0.2, -0.15) is 0 Å². The molecular weight excluding hydrogens is 344 g/mol. The summed E-state index contributed by atoms with van der Waals surface area (Å²) in [5.74, 6) is 0.368. The van der Waals surface area contributed by atoms with Crippen LogP contribution in [-0.2, 0) is 4.79 Å². The van der Waals surface area contributed by atoms with Crippen LogP contribution in [0.15, 0.2) is 60.7 Å². The molecule has 2 fully saturated rings. The maximum Gasteiger partial charge on any atom is 0.170 e. The van der Waals surface area contributed by atoms with Crippen LogP contribution >= 0.6 is 0 Å². The van der Waals surface area contributed by atoms with E-state index in [0.29, 0.717) is 5.78 Å². The lowest BCUT2D eigenvalue weighted by Gasteiger charge is -2.23. The fourth-order valence-corrected chi connectivity index (χ4v) is 4.88. The Kier molecular flexibility index (Phi) is 4.52. The third-order valence-electron chi connectivity index (χ3n) is 6.03. The highest BCUT2D eigenvalue weighted by atomic mass is 16.1. The number of nitrogens with zero attached hydrogens (tertiary/aromatic N) is 2. The highest BCUT2D eigenvalue weighted by molar-refractivity contribution is 5.96. The minimum absolute atomic E-state index is 0.0361. The van der Waals surface area contributed by atoms with Crippen molar-refractivity contribution in [3.05, 3.63) is 71.8 Å². The number of carbonyl (C=O) groups is 1. The van der Waals surface area contributed by atoms with Crippen LogP contribution in [0.5, 0.6) is 0 Å². The van der Waals surface area contributed by atoms with Crippen molar-refractivity contribution in [2.24, 2.45) is 0 Å². The first kappa shape index (κ1) is 19.4. The van der Waals surface area contributed by atoms with Gasteiger partial charge in [0.25, 0.3) is 0 Å². The van der Waals surface area contributed by atoms with Crippen LogP contribution in [0.3, 0.4) is 0 Å². The zero-order valence-electron chi connectivity index (χ0n) is 17.9. The summed E-state index contributed by atoms with van der Waals surface area (Å²) in [6.45, 7) is 13.2. The van der Waals surface area contributed by atoms with Crippen molar-refractivity contribution in [1.82, 2.24) is 9.80 Å². The van der Waals surface area contributed by atoms with Gasteiger partial charge in [0.05, 0.1) is 24.2 Å². The Morgan fingerprint density at radius 1 is 0.643 bits per heavy atom. The Balaban J connectivity index is 1.64. The second-order valence-corrected chi connectivity index (χ2v) is 10.2. The first-order chi connectivity index (χ1) is 13.1. The van der Waals surface area contributed by atoms with Gasteiger partial charge in [0, 0.05) is 11.1 Å². The third-order valence-corrected chi connectivity index (χ3v) is 6.03. The van der Waals surface area contributed by atoms with Gasteiger partial charge in [-0.1, -0.05) is 60.7 Å². The highest BCUT2D eigenvalue weighted by Crippen LogP contribution is 2.55. The molecule has 6 atom stereocenters. The zero-order valence-corrected chi connectivity index (χ0v) is 17.9. The van der Waals surface area contributed by atoms with Crippen molar-refractivity contribution in [2.45, 2.75) is 76.8 Å². The number of hydrogen-bond acceptors (Lipinski definition) is 3. The number of benzene rings is 2. The summed E-state index contributed by atoms with van der Waals surface area (Å²) in [5, 5.41) is 0. The quantitative estimate of drug-likeness (QED) is 0.701. The molecule has 3 heteroatoms. The van der Waals surface area contributed by atoms with Crippen LogP contribution in [-0.4, -0.2) is 38.7 Å².